The third kappa shape index (κ3) is 3.96. The quantitative estimate of drug-likeness (QED) is 0.768. The zero-order chi connectivity index (χ0) is 15.2. The van der Waals surface area contributed by atoms with Crippen molar-refractivity contribution in [2.24, 2.45) is 0 Å². The zero-order valence-corrected chi connectivity index (χ0v) is 13.5. The van der Waals surface area contributed by atoms with Gasteiger partial charge in [0.15, 0.2) is 0 Å². The molecule has 0 aromatic heterocycles. The van der Waals surface area contributed by atoms with Crippen LogP contribution in [0.4, 0.5) is 0 Å². The third-order valence-electron chi connectivity index (χ3n) is 4.60. The lowest BCUT2D eigenvalue weighted by Gasteiger charge is -2.31. The van der Waals surface area contributed by atoms with Crippen molar-refractivity contribution < 1.29 is 9.59 Å². The smallest absolute Gasteiger partial charge is 0.245 e. The average Bonchev–Trinajstić information content (AvgIpc) is 2.76. The highest BCUT2D eigenvalue weighted by atomic mass is 16.2. The van der Waals surface area contributed by atoms with Gasteiger partial charge in [-0.25, -0.2) is 0 Å². The molecule has 0 spiro atoms. The van der Waals surface area contributed by atoms with Crippen LogP contribution in [0.5, 0.6) is 0 Å². The maximum atomic E-state index is 12.8. The second-order valence-electron chi connectivity index (χ2n) is 6.14. The molecule has 2 rings (SSSR count). The molecule has 21 heavy (non-hydrogen) atoms. The summed E-state index contributed by atoms with van der Waals surface area (Å²) < 4.78 is 0. The first-order valence-electron chi connectivity index (χ1n) is 8.48. The van der Waals surface area contributed by atoms with E-state index in [0.29, 0.717) is 6.42 Å². The van der Waals surface area contributed by atoms with E-state index in [0.717, 1.165) is 65.0 Å². The molecule has 2 fully saturated rings. The summed E-state index contributed by atoms with van der Waals surface area (Å²) in [4.78, 5) is 30.9. The predicted octanol–water partition coefficient (Wildman–Crippen LogP) is 1.33. The monoisotopic (exact) mass is 295 g/mol. The maximum Gasteiger partial charge on any atom is 0.245 e. The molecule has 120 valence electrons. The van der Waals surface area contributed by atoms with Gasteiger partial charge in [-0.05, 0) is 38.8 Å². The number of amides is 2. The average molecular weight is 295 g/mol. The Morgan fingerprint density at radius 1 is 1.10 bits per heavy atom. The number of carbonyl (C=O) groups excluding carboxylic acids is 2. The summed E-state index contributed by atoms with van der Waals surface area (Å²) in [5.41, 5.74) is 0. The van der Waals surface area contributed by atoms with E-state index in [-0.39, 0.29) is 17.9 Å². The Labute approximate surface area is 128 Å². The highest BCUT2D eigenvalue weighted by molar-refractivity contribution is 5.88. The van der Waals surface area contributed by atoms with Crippen LogP contribution in [0.3, 0.4) is 0 Å². The van der Waals surface area contributed by atoms with Crippen LogP contribution in [0.2, 0.25) is 0 Å². The lowest BCUT2D eigenvalue weighted by molar-refractivity contribution is -0.143. The second kappa shape index (κ2) is 7.78. The number of likely N-dealkylation sites (tertiary alicyclic amines) is 1. The second-order valence-corrected chi connectivity index (χ2v) is 6.14. The van der Waals surface area contributed by atoms with Crippen LogP contribution in [-0.2, 0) is 9.59 Å². The summed E-state index contributed by atoms with van der Waals surface area (Å²) in [6.07, 6.45) is 4.42. The Morgan fingerprint density at radius 3 is 2.52 bits per heavy atom. The fourth-order valence-electron chi connectivity index (χ4n) is 3.47. The lowest BCUT2D eigenvalue weighted by Crippen LogP contribution is -2.49. The third-order valence-corrected chi connectivity index (χ3v) is 4.60. The van der Waals surface area contributed by atoms with E-state index < -0.39 is 0 Å². The molecule has 5 nitrogen and oxygen atoms in total. The van der Waals surface area contributed by atoms with Crippen LogP contribution in [0, 0.1) is 0 Å². The van der Waals surface area contributed by atoms with E-state index >= 15 is 0 Å². The van der Waals surface area contributed by atoms with Crippen molar-refractivity contribution in [1.29, 1.82) is 0 Å². The van der Waals surface area contributed by atoms with Crippen LogP contribution in [0.15, 0.2) is 0 Å². The Hall–Kier alpha value is -1.10. The lowest BCUT2D eigenvalue weighted by atomic mass is 10.1. The topological polar surface area (TPSA) is 43.9 Å². The van der Waals surface area contributed by atoms with Gasteiger partial charge in [0.05, 0.1) is 0 Å². The first kappa shape index (κ1) is 16.3. The van der Waals surface area contributed by atoms with E-state index in [1.54, 1.807) is 4.90 Å². The Bertz CT molecular complexity index is 373. The molecular formula is C16H29N3O2. The molecule has 0 unspecified atom stereocenters. The minimum Gasteiger partial charge on any atom is -0.340 e. The molecule has 0 radical (unpaired) electrons. The minimum atomic E-state index is -0.238. The van der Waals surface area contributed by atoms with E-state index in [9.17, 15) is 9.59 Å². The predicted molar refractivity (Wildman–Crippen MR) is 83.0 cm³/mol. The molecule has 2 heterocycles. The fraction of sp³-hybridized carbons (Fsp3) is 0.875. The van der Waals surface area contributed by atoms with Crippen LogP contribution in [-0.4, -0.2) is 71.8 Å². The Kier molecular flexibility index (Phi) is 6.03. The van der Waals surface area contributed by atoms with Gasteiger partial charge >= 0.3 is 0 Å². The largest absolute Gasteiger partial charge is 0.340 e. The summed E-state index contributed by atoms with van der Waals surface area (Å²) in [5.74, 6) is 0.309. The summed E-state index contributed by atoms with van der Waals surface area (Å²) in [6, 6.07) is -0.238. The van der Waals surface area contributed by atoms with Crippen LogP contribution >= 0.6 is 0 Å². The summed E-state index contributed by atoms with van der Waals surface area (Å²) in [6.45, 7) is 9.74. The Morgan fingerprint density at radius 2 is 1.90 bits per heavy atom. The molecule has 2 aliphatic rings. The van der Waals surface area contributed by atoms with Crippen LogP contribution in [0.1, 0.15) is 46.0 Å². The molecule has 0 N–H and O–H groups in total. The SMILES string of the molecule is CCCN1CCCN(C(=O)[C@H](CC)N2CCCC2=O)CC1. The maximum absolute atomic E-state index is 12.8. The number of nitrogens with zero attached hydrogens (tertiary/aromatic N) is 3. The number of rotatable bonds is 5. The van der Waals surface area contributed by atoms with Crippen molar-refractivity contribution in [2.75, 3.05) is 39.3 Å². The van der Waals surface area contributed by atoms with Gasteiger partial charge in [0.1, 0.15) is 6.04 Å². The molecule has 2 aliphatic heterocycles. The molecule has 5 heteroatoms. The summed E-state index contributed by atoms with van der Waals surface area (Å²) >= 11 is 0. The van der Waals surface area contributed by atoms with E-state index in [4.69, 9.17) is 0 Å². The molecule has 0 bridgehead atoms. The molecule has 0 aromatic rings. The van der Waals surface area contributed by atoms with Gasteiger partial charge in [-0.1, -0.05) is 13.8 Å². The van der Waals surface area contributed by atoms with E-state index in [1.807, 2.05) is 11.8 Å². The number of hydrogen-bond acceptors (Lipinski definition) is 3. The molecule has 0 saturated carbocycles. The summed E-state index contributed by atoms with van der Waals surface area (Å²) in [5, 5.41) is 0. The Balaban J connectivity index is 1.95. The van der Waals surface area contributed by atoms with E-state index in [2.05, 4.69) is 11.8 Å². The summed E-state index contributed by atoms with van der Waals surface area (Å²) in [7, 11) is 0. The normalized spacial score (nSPS) is 22.5. The fourth-order valence-corrected chi connectivity index (χ4v) is 3.47. The van der Waals surface area contributed by atoms with Gasteiger partial charge in [0.25, 0.3) is 0 Å². The van der Waals surface area contributed by atoms with Crippen molar-refractivity contribution >= 4 is 11.8 Å². The van der Waals surface area contributed by atoms with Gasteiger partial charge in [-0.3, -0.25) is 9.59 Å². The first-order chi connectivity index (χ1) is 10.2. The van der Waals surface area contributed by atoms with Crippen molar-refractivity contribution in [3.8, 4) is 0 Å². The highest BCUT2D eigenvalue weighted by Gasteiger charge is 2.34. The minimum absolute atomic E-state index is 0.151. The first-order valence-corrected chi connectivity index (χ1v) is 8.48. The molecular weight excluding hydrogens is 266 g/mol. The number of carbonyl (C=O) groups is 2. The van der Waals surface area contributed by atoms with Gasteiger partial charge in [-0.15, -0.1) is 0 Å². The molecule has 0 aliphatic carbocycles. The molecule has 2 saturated heterocycles. The standard InChI is InChI=1S/C16H29N3O2/c1-3-8-17-9-6-10-18(13-12-17)16(21)14(4-2)19-11-5-7-15(19)20/h14H,3-13H2,1-2H3/t14-/m0/s1. The molecule has 0 aromatic carbocycles. The van der Waals surface area contributed by atoms with Gasteiger partial charge in [0.2, 0.25) is 11.8 Å². The van der Waals surface area contributed by atoms with Crippen LogP contribution < -0.4 is 0 Å². The van der Waals surface area contributed by atoms with Crippen molar-refractivity contribution in [3.05, 3.63) is 0 Å². The molecule has 2 amide bonds. The van der Waals surface area contributed by atoms with Crippen molar-refractivity contribution in [1.82, 2.24) is 14.7 Å². The van der Waals surface area contributed by atoms with Gasteiger partial charge < -0.3 is 14.7 Å². The number of hydrogen-bond donors (Lipinski definition) is 0. The van der Waals surface area contributed by atoms with Gasteiger partial charge in [-0.2, -0.15) is 0 Å². The van der Waals surface area contributed by atoms with Crippen molar-refractivity contribution in [3.63, 3.8) is 0 Å². The van der Waals surface area contributed by atoms with Crippen LogP contribution in [0.25, 0.3) is 0 Å². The van der Waals surface area contributed by atoms with Gasteiger partial charge in [0, 0.05) is 32.6 Å². The molecule has 1 atom stereocenters. The zero-order valence-electron chi connectivity index (χ0n) is 13.5. The van der Waals surface area contributed by atoms with E-state index in [1.165, 1.54) is 0 Å². The van der Waals surface area contributed by atoms with Crippen molar-refractivity contribution in [2.45, 2.75) is 52.0 Å². The highest BCUT2D eigenvalue weighted by Crippen LogP contribution is 2.18.